The van der Waals surface area contributed by atoms with Crippen molar-refractivity contribution in [2.75, 3.05) is 0 Å². The molecule has 0 aliphatic rings. The van der Waals surface area contributed by atoms with Gasteiger partial charge in [-0.1, -0.05) is 0 Å². The van der Waals surface area contributed by atoms with E-state index in [2.05, 4.69) is 4.74 Å². The van der Waals surface area contributed by atoms with Crippen LogP contribution in [0.3, 0.4) is 0 Å². The standard InChI is InChI=1S/C6H10O13S4/c7-20(8,9)3-1-5(22(13,14)15)19-6(23(16,17)18)2-4-21(10,11)12/h1-6H,(H,7,8,9)(H,10,11,12)(H,13,14,15)(H,16,17,18). The second-order valence-electron chi connectivity index (χ2n) is 3.59. The summed E-state index contributed by atoms with van der Waals surface area (Å²) in [6, 6.07) is 0. The molecule has 0 bridgehead atoms. The molecule has 0 aromatic rings. The Hall–Kier alpha value is -0.920. The van der Waals surface area contributed by atoms with Gasteiger partial charge in [0.25, 0.3) is 40.5 Å². The van der Waals surface area contributed by atoms with Gasteiger partial charge in [-0.05, 0) is 12.2 Å². The van der Waals surface area contributed by atoms with Gasteiger partial charge >= 0.3 is 0 Å². The third-order valence-electron chi connectivity index (χ3n) is 1.67. The van der Waals surface area contributed by atoms with Crippen LogP contribution in [-0.4, -0.2) is 62.8 Å². The van der Waals surface area contributed by atoms with Crippen LogP contribution in [0.2, 0.25) is 0 Å². The van der Waals surface area contributed by atoms with E-state index in [-0.39, 0.29) is 23.0 Å². The van der Waals surface area contributed by atoms with Crippen LogP contribution in [0.15, 0.2) is 23.0 Å². The number of hydrogen-bond acceptors (Lipinski definition) is 9. The van der Waals surface area contributed by atoms with E-state index in [0.29, 0.717) is 0 Å². The summed E-state index contributed by atoms with van der Waals surface area (Å²) in [5, 5.41) is -0.363. The summed E-state index contributed by atoms with van der Waals surface area (Å²) in [6.07, 6.45) is -0.0196. The van der Waals surface area contributed by atoms with Crippen molar-refractivity contribution < 1.29 is 56.6 Å². The molecule has 23 heavy (non-hydrogen) atoms. The van der Waals surface area contributed by atoms with E-state index < -0.39 is 51.3 Å². The number of hydrogen-bond donors (Lipinski definition) is 4. The van der Waals surface area contributed by atoms with Gasteiger partial charge in [0.15, 0.2) is 0 Å². The normalized spacial score (nSPS) is 17.6. The van der Waals surface area contributed by atoms with Crippen molar-refractivity contribution in [2.24, 2.45) is 0 Å². The largest absolute Gasteiger partial charge is 0.330 e. The van der Waals surface area contributed by atoms with Crippen LogP contribution in [0.1, 0.15) is 0 Å². The molecule has 136 valence electrons. The zero-order chi connectivity index (χ0) is 18.7. The Labute approximate surface area is 131 Å². The molecule has 17 heteroatoms. The second kappa shape index (κ2) is 7.32. The maximum atomic E-state index is 10.9. The van der Waals surface area contributed by atoms with Crippen LogP contribution in [0.25, 0.3) is 0 Å². The van der Waals surface area contributed by atoms with Crippen molar-refractivity contribution in [1.29, 1.82) is 0 Å². The van der Waals surface area contributed by atoms with Crippen molar-refractivity contribution in [3.8, 4) is 0 Å². The quantitative estimate of drug-likeness (QED) is 0.320. The molecule has 0 aromatic heterocycles. The molecule has 2 atom stereocenters. The zero-order valence-corrected chi connectivity index (χ0v) is 13.8. The molecule has 13 nitrogen and oxygen atoms in total. The summed E-state index contributed by atoms with van der Waals surface area (Å²) in [6.45, 7) is 0. The summed E-state index contributed by atoms with van der Waals surface area (Å²) >= 11 is 0. The van der Waals surface area contributed by atoms with Crippen LogP contribution < -0.4 is 0 Å². The molecule has 0 aliphatic heterocycles. The lowest BCUT2D eigenvalue weighted by atomic mass is 10.6. The molecule has 0 saturated heterocycles. The maximum Gasteiger partial charge on any atom is 0.296 e. The van der Waals surface area contributed by atoms with Gasteiger partial charge in [0, 0.05) is 0 Å². The monoisotopic (exact) mass is 418 g/mol. The van der Waals surface area contributed by atoms with Crippen LogP contribution in [0.5, 0.6) is 0 Å². The molecule has 0 amide bonds. The summed E-state index contributed by atoms with van der Waals surface area (Å²) in [7, 11) is -20.4. The van der Waals surface area contributed by atoms with E-state index in [4.69, 9.17) is 18.2 Å². The second-order valence-corrected chi connectivity index (χ2v) is 9.18. The van der Waals surface area contributed by atoms with Crippen molar-refractivity contribution in [3.63, 3.8) is 0 Å². The van der Waals surface area contributed by atoms with Crippen molar-refractivity contribution in [2.45, 2.75) is 10.9 Å². The van der Waals surface area contributed by atoms with Gasteiger partial charge in [-0.3, -0.25) is 18.2 Å². The van der Waals surface area contributed by atoms with E-state index >= 15 is 0 Å². The molecular weight excluding hydrogens is 408 g/mol. The molecule has 0 spiro atoms. The molecule has 0 aromatic carbocycles. The highest BCUT2D eigenvalue weighted by molar-refractivity contribution is 7.89. The molecule has 0 rings (SSSR count). The highest BCUT2D eigenvalue weighted by atomic mass is 32.2. The molecule has 0 aliphatic carbocycles. The van der Waals surface area contributed by atoms with Crippen LogP contribution in [0, 0.1) is 0 Å². The van der Waals surface area contributed by atoms with Crippen LogP contribution in [-0.2, 0) is 45.2 Å². The predicted molar refractivity (Wildman–Crippen MR) is 73.1 cm³/mol. The van der Waals surface area contributed by atoms with Gasteiger partial charge in [-0.15, -0.1) is 0 Å². The molecule has 4 N–H and O–H groups in total. The minimum atomic E-state index is -5.30. The Kier molecular flexibility index (Phi) is 7.03. The Bertz CT molecular complexity index is 810. The smallest absolute Gasteiger partial charge is 0.296 e. The first-order valence-electron chi connectivity index (χ1n) is 4.81. The number of rotatable bonds is 8. The van der Waals surface area contributed by atoms with Crippen molar-refractivity contribution >= 4 is 40.5 Å². The summed E-state index contributed by atoms with van der Waals surface area (Å²) in [5.74, 6) is 0. The van der Waals surface area contributed by atoms with Gasteiger partial charge < -0.3 is 4.74 Å². The van der Waals surface area contributed by atoms with Gasteiger partial charge in [0.05, 0.1) is 10.8 Å². The highest BCUT2D eigenvalue weighted by Gasteiger charge is 2.31. The predicted octanol–water partition coefficient (Wildman–Crippen LogP) is -1.77. The zero-order valence-electron chi connectivity index (χ0n) is 10.6. The maximum absolute atomic E-state index is 10.9. The van der Waals surface area contributed by atoms with Gasteiger partial charge in [0.1, 0.15) is 0 Å². The fraction of sp³-hybridized carbons (Fsp3) is 0.333. The van der Waals surface area contributed by atoms with Crippen molar-refractivity contribution in [3.05, 3.63) is 23.0 Å². The first-order valence-corrected chi connectivity index (χ1v) is 10.8. The van der Waals surface area contributed by atoms with E-state index in [1.807, 2.05) is 0 Å². The Morgan fingerprint density at radius 1 is 0.609 bits per heavy atom. The molecule has 0 radical (unpaired) electrons. The summed E-state index contributed by atoms with van der Waals surface area (Å²) < 4.78 is 124. The number of ether oxygens (including phenoxy) is 1. The lowest BCUT2D eigenvalue weighted by Crippen LogP contribution is -2.31. The topological polar surface area (TPSA) is 227 Å². The lowest BCUT2D eigenvalue weighted by molar-refractivity contribution is 0.120. The molecule has 0 saturated carbocycles. The fourth-order valence-corrected chi connectivity index (χ4v) is 2.92. The van der Waals surface area contributed by atoms with E-state index in [1.54, 1.807) is 0 Å². The molecular formula is C6H10O13S4. The van der Waals surface area contributed by atoms with Gasteiger partial charge in [-0.2, -0.15) is 33.7 Å². The fourth-order valence-electron chi connectivity index (χ4n) is 0.889. The van der Waals surface area contributed by atoms with Crippen molar-refractivity contribution in [1.82, 2.24) is 0 Å². The lowest BCUT2D eigenvalue weighted by Gasteiger charge is -2.15. The highest BCUT2D eigenvalue weighted by Crippen LogP contribution is 2.13. The summed E-state index contributed by atoms with van der Waals surface area (Å²) in [4.78, 5) is 0. The Balaban J connectivity index is 5.83. The minimum absolute atomic E-state index is 0.00979. The van der Waals surface area contributed by atoms with Crippen LogP contribution in [0.4, 0.5) is 0 Å². The third kappa shape index (κ3) is 10.5. The van der Waals surface area contributed by atoms with E-state index in [1.165, 1.54) is 0 Å². The Morgan fingerprint density at radius 3 is 1.04 bits per heavy atom. The van der Waals surface area contributed by atoms with E-state index in [9.17, 15) is 33.7 Å². The van der Waals surface area contributed by atoms with Gasteiger partial charge in [0.2, 0.25) is 10.9 Å². The average Bonchev–Trinajstić information content (AvgIpc) is 2.21. The first-order chi connectivity index (χ1) is 9.92. The van der Waals surface area contributed by atoms with Gasteiger partial charge in [-0.25, -0.2) is 0 Å². The SMILES string of the molecule is O=S(=O)(O)C=CC(OC(C=CS(=O)(=O)O)S(=O)(=O)O)S(=O)(=O)O. The average molecular weight is 418 g/mol. The first kappa shape index (κ1) is 22.1. The minimum Gasteiger partial charge on any atom is -0.330 e. The molecule has 2 unspecified atom stereocenters. The molecule has 0 fully saturated rings. The molecule has 0 heterocycles. The Morgan fingerprint density at radius 2 is 0.870 bits per heavy atom. The summed E-state index contributed by atoms with van der Waals surface area (Å²) in [5.41, 5.74) is -5.47. The van der Waals surface area contributed by atoms with E-state index in [0.717, 1.165) is 0 Å². The van der Waals surface area contributed by atoms with Crippen LogP contribution >= 0.6 is 0 Å². The third-order valence-corrected chi connectivity index (χ3v) is 4.38.